The molecular weight excluding hydrogens is 1930 g/mol. The molecule has 1 fully saturated rings. The van der Waals surface area contributed by atoms with Gasteiger partial charge in [0.25, 0.3) is 0 Å². The number of fused-ring (bicyclic) bond motifs is 2. The van der Waals surface area contributed by atoms with E-state index >= 15 is 14.4 Å². The first-order valence-corrected chi connectivity index (χ1v) is 48.7. The van der Waals surface area contributed by atoms with Crippen molar-refractivity contribution < 1.29 is 111 Å². The minimum absolute atomic E-state index is 0.0612. The number of carboxylic acids is 2. The standard InChI is InChI=1S/C98H129N23O23S2/c1-51(2)37-65(110-91(136)71(45-79(103)124)115-93(138)75(50-146)119-96(141)82(52(3)4)120-92(137)69(109-83(128)60(100)43-81(126)127)42-57-48-106-62-30-17-15-28-59(57)62)86(131)111-66(38-53-21-8-5-9-22-53)87(132)107-63(31-18-19-35-99)84(129)114-70(44-78(102)123)90(135)108-64(33-34-77(101)122)85(130)113-68(41-56-47-105-61-29-16-14-27-58(56)61)89(134)112-67(39-54-23-10-6-11-24-54)88(133)118-74(49-145)94(139)116-72(46-80(104)125)97(142)121-36-20-32-76(121)95(140)117-73(98(143)144)40-55-25-12-7-13-26-55/h5-17,21-30,47-48,51-52,60,63-76,82,105-106,145-146H,18-20,31-46,49-50,99-100H2,1-4H3,(H2,101,122)(H2,102,123)(H2,103,124)(H2,104,125)(H,107,132)(H,108,135)(H,109,128)(H,110,136)(H,111,131)(H,112,134)(H,113,130)(H,114,129)(H,115,138)(H,116,139)(H,117,140)(H,118,133)(H,119,141)(H,120,137)(H,126,127)(H,143,144)/t60-,63-,64-,65-,66-,67-,68-,69-,70-,71-,72-,73-,74-,75-,76-,82-/m0/s1. The highest BCUT2D eigenvalue weighted by atomic mass is 32.1. The normalized spacial score (nSPS) is 15.4. The number of hydrogen-bond acceptors (Lipinski definition) is 25. The number of carbonyl (C=O) groups excluding carboxylic acids is 19. The van der Waals surface area contributed by atoms with Crippen molar-refractivity contribution in [2.45, 2.75) is 234 Å². The molecule has 0 bridgehead atoms. The molecule has 0 spiro atoms. The lowest BCUT2D eigenvalue weighted by Gasteiger charge is -2.30. The lowest BCUT2D eigenvalue weighted by Crippen LogP contribution is -2.62. The zero-order valence-corrected chi connectivity index (χ0v) is 82.7. The van der Waals surface area contributed by atoms with Crippen molar-refractivity contribution in [3.63, 3.8) is 0 Å². The van der Waals surface area contributed by atoms with Gasteiger partial charge < -0.3 is 134 Å². The van der Waals surface area contributed by atoms with Crippen LogP contribution in [-0.2, 0) is 133 Å². The predicted molar refractivity (Wildman–Crippen MR) is 539 cm³/mol. The second kappa shape index (κ2) is 57.2. The van der Waals surface area contributed by atoms with Gasteiger partial charge in [0, 0.05) is 90.8 Å². The summed E-state index contributed by atoms with van der Waals surface area (Å²) in [6.45, 7) is 6.45. The Kier molecular flexibility index (Phi) is 45.4. The summed E-state index contributed by atoms with van der Waals surface area (Å²) in [7, 11) is 0. The number of amides is 19. The topological polar surface area (TPSA) is 758 Å². The average Bonchev–Trinajstić information content (AvgIpc) is 1.68. The fourth-order valence-corrected chi connectivity index (χ4v) is 16.9. The quantitative estimate of drug-likeness (QED) is 0.0129. The van der Waals surface area contributed by atoms with Crippen molar-refractivity contribution in [1.29, 1.82) is 0 Å². The zero-order chi connectivity index (χ0) is 107. The second-order valence-corrected chi connectivity index (χ2v) is 37.0. The van der Waals surface area contributed by atoms with Crippen LogP contribution < -0.4 is 109 Å². The Bertz CT molecular complexity index is 5800. The maximum atomic E-state index is 15.3. The van der Waals surface area contributed by atoms with Gasteiger partial charge in [0.1, 0.15) is 90.6 Å². The number of nitrogens with one attached hydrogen (secondary N) is 16. The summed E-state index contributed by atoms with van der Waals surface area (Å²) in [5, 5.41) is 56.1. The monoisotopic (exact) mass is 2060 g/mol. The third-order valence-corrected chi connectivity index (χ3v) is 24.7. The summed E-state index contributed by atoms with van der Waals surface area (Å²) in [6.07, 6.45) is -2.68. The Morgan fingerprint density at radius 1 is 0.377 bits per heavy atom. The van der Waals surface area contributed by atoms with Gasteiger partial charge in [0.05, 0.1) is 31.7 Å². The summed E-state index contributed by atoms with van der Waals surface area (Å²) in [5.41, 5.74) is 38.1. The molecule has 0 saturated carbocycles. The van der Waals surface area contributed by atoms with Crippen LogP contribution in [0.25, 0.3) is 21.8 Å². The number of nitrogens with zero attached hydrogens (tertiary/aromatic N) is 1. The summed E-state index contributed by atoms with van der Waals surface area (Å²) < 4.78 is 0. The van der Waals surface area contributed by atoms with E-state index in [0.29, 0.717) is 49.6 Å². The van der Waals surface area contributed by atoms with E-state index in [2.05, 4.69) is 110 Å². The molecule has 786 valence electrons. The molecule has 3 heterocycles. The first kappa shape index (κ1) is 116. The Balaban J connectivity index is 0.993. The van der Waals surface area contributed by atoms with Gasteiger partial charge in [-0.3, -0.25) is 95.9 Å². The van der Waals surface area contributed by atoms with Crippen LogP contribution in [0.2, 0.25) is 0 Å². The summed E-state index contributed by atoms with van der Waals surface area (Å²) in [5.74, 6) is -25.1. The van der Waals surface area contributed by atoms with Crippen LogP contribution in [0.15, 0.2) is 152 Å². The van der Waals surface area contributed by atoms with E-state index in [1.165, 1.54) is 6.20 Å². The number of likely N-dealkylation sites (tertiary alicyclic amines) is 1. The molecule has 8 rings (SSSR count). The fraction of sp³-hybridized carbons (Fsp3) is 0.439. The van der Waals surface area contributed by atoms with E-state index in [-0.39, 0.29) is 83.7 Å². The SMILES string of the molecule is CC(C)C[C@H](NC(=O)[C@H](CC(N)=O)NC(=O)[C@H](CS)NC(=O)[C@@H](NC(=O)[C@H](Cc1c[nH]c2ccccc12)NC(=O)[C@@H](N)CC(=O)O)C(C)C)C(=O)N[C@@H](Cc1ccccc1)C(=O)N[C@@H](CCCCN)C(=O)N[C@@H](CC(N)=O)C(=O)N[C@@H](CCC(N)=O)C(=O)N[C@@H](Cc1c[nH]c2ccccc12)C(=O)N[C@@H](Cc1ccccc1)C(=O)N[C@@H](CS)C(=O)N[C@@H](CC(N)=O)C(=O)N1CCC[C@H]1C(=O)N[C@@H](Cc1ccccc1)C(=O)O. The molecule has 1 aliphatic rings. The first-order chi connectivity index (χ1) is 69.4. The highest BCUT2D eigenvalue weighted by molar-refractivity contribution is 7.80. The van der Waals surface area contributed by atoms with Crippen molar-refractivity contribution in [3.05, 3.63) is 180 Å². The van der Waals surface area contributed by atoms with E-state index in [0.717, 1.165) is 4.90 Å². The van der Waals surface area contributed by atoms with Crippen molar-refractivity contribution in [3.8, 4) is 0 Å². The van der Waals surface area contributed by atoms with Crippen LogP contribution in [0.4, 0.5) is 0 Å². The Hall–Kier alpha value is -15.3. The molecule has 1 saturated heterocycles. The minimum atomic E-state index is -2.02. The average molecular weight is 2060 g/mol. The molecule has 5 aromatic carbocycles. The summed E-state index contributed by atoms with van der Waals surface area (Å²) >= 11 is 8.63. The summed E-state index contributed by atoms with van der Waals surface area (Å²) in [4.78, 5) is 301. The van der Waals surface area contributed by atoms with Gasteiger partial charge in [-0.25, -0.2) is 4.79 Å². The number of carboxylic acid groups (broad SMARTS) is 2. The number of aliphatic carboxylic acids is 2. The molecule has 2 aromatic heterocycles. The maximum absolute atomic E-state index is 15.3. The number of rotatable bonds is 60. The van der Waals surface area contributed by atoms with Crippen molar-refractivity contribution in [2.24, 2.45) is 46.2 Å². The first-order valence-electron chi connectivity index (χ1n) is 47.5. The van der Waals surface area contributed by atoms with Gasteiger partial charge in [0.15, 0.2) is 0 Å². The molecular formula is C98H129N23O23S2. The van der Waals surface area contributed by atoms with Gasteiger partial charge in [0.2, 0.25) is 112 Å². The Morgan fingerprint density at radius 2 is 0.726 bits per heavy atom. The molecule has 48 heteroatoms. The lowest BCUT2D eigenvalue weighted by atomic mass is 9.99. The molecule has 30 N–H and O–H groups in total. The maximum Gasteiger partial charge on any atom is 0.326 e. The highest BCUT2D eigenvalue weighted by Gasteiger charge is 2.44. The summed E-state index contributed by atoms with van der Waals surface area (Å²) in [6, 6.07) is 12.2. The van der Waals surface area contributed by atoms with Gasteiger partial charge in [-0.05, 0) is 103 Å². The largest absolute Gasteiger partial charge is 0.481 e. The van der Waals surface area contributed by atoms with Crippen molar-refractivity contribution in [1.82, 2.24) is 89.3 Å². The van der Waals surface area contributed by atoms with E-state index in [4.69, 9.17) is 34.4 Å². The van der Waals surface area contributed by atoms with E-state index < -0.39 is 283 Å². The molecule has 146 heavy (non-hydrogen) atoms. The van der Waals surface area contributed by atoms with Crippen LogP contribution in [0, 0.1) is 11.8 Å². The number of thiol groups is 2. The number of benzene rings is 5. The molecule has 0 aliphatic carbocycles. The van der Waals surface area contributed by atoms with Crippen LogP contribution in [-0.4, -0.2) is 271 Å². The molecule has 1 aliphatic heterocycles. The number of aromatic nitrogens is 2. The van der Waals surface area contributed by atoms with Gasteiger partial charge >= 0.3 is 11.9 Å². The number of primary amides is 4. The third-order valence-electron chi connectivity index (χ3n) is 24.0. The van der Waals surface area contributed by atoms with Crippen molar-refractivity contribution in [2.75, 3.05) is 24.6 Å². The number of H-pyrrole nitrogens is 2. The third kappa shape index (κ3) is 36.2. The lowest BCUT2D eigenvalue weighted by molar-refractivity contribution is -0.145. The van der Waals surface area contributed by atoms with Gasteiger partial charge in [-0.2, -0.15) is 25.3 Å². The van der Waals surface area contributed by atoms with Crippen LogP contribution >= 0.6 is 25.3 Å². The number of unbranched alkanes of at least 4 members (excludes halogenated alkanes) is 1. The molecule has 16 atom stereocenters. The van der Waals surface area contributed by atoms with Gasteiger partial charge in [-0.1, -0.05) is 155 Å². The smallest absolute Gasteiger partial charge is 0.326 e. The molecule has 19 amide bonds. The fourth-order valence-electron chi connectivity index (χ4n) is 16.4. The Morgan fingerprint density at radius 3 is 1.14 bits per heavy atom. The molecule has 0 unspecified atom stereocenters. The zero-order valence-electron chi connectivity index (χ0n) is 80.9. The molecule has 7 aromatic rings. The number of para-hydroxylation sites is 2. The van der Waals surface area contributed by atoms with E-state index in [9.17, 15) is 96.5 Å². The van der Waals surface area contributed by atoms with Crippen molar-refractivity contribution >= 4 is 171 Å². The number of hydrogen-bond donors (Lipinski definition) is 26. The molecule has 46 nitrogen and oxygen atoms in total. The highest BCUT2D eigenvalue weighted by Crippen LogP contribution is 2.25. The van der Waals surface area contributed by atoms with E-state index in [1.54, 1.807) is 173 Å². The van der Waals surface area contributed by atoms with Crippen LogP contribution in [0.1, 0.15) is 133 Å². The predicted octanol–water partition coefficient (Wildman–Crippen LogP) is -3.59. The number of aromatic amines is 2. The van der Waals surface area contributed by atoms with E-state index in [1.807, 2.05) is 0 Å². The van der Waals surface area contributed by atoms with Gasteiger partial charge in [-0.15, -0.1) is 0 Å². The minimum Gasteiger partial charge on any atom is -0.481 e. The van der Waals surface area contributed by atoms with Crippen LogP contribution in [0.5, 0.6) is 0 Å². The van der Waals surface area contributed by atoms with Crippen LogP contribution in [0.3, 0.4) is 0 Å². The number of nitrogens with two attached hydrogens (primary N) is 6. The number of carbonyl (C=O) groups is 21. The Labute approximate surface area is 851 Å². The molecule has 0 radical (unpaired) electrons. The second-order valence-electron chi connectivity index (χ2n) is 36.2.